The third-order valence-corrected chi connectivity index (χ3v) is 5.60. The van der Waals surface area contributed by atoms with E-state index in [0.29, 0.717) is 21.4 Å². The summed E-state index contributed by atoms with van der Waals surface area (Å²) < 4.78 is 12.5. The van der Waals surface area contributed by atoms with Crippen LogP contribution in [0.1, 0.15) is 17.3 Å². The molecule has 0 atom stereocenters. The molecule has 11 heteroatoms. The van der Waals surface area contributed by atoms with Crippen LogP contribution in [0.2, 0.25) is 10.0 Å². The van der Waals surface area contributed by atoms with Crippen LogP contribution in [0.5, 0.6) is 5.75 Å². The first-order chi connectivity index (χ1) is 15.7. The highest BCUT2D eigenvalue weighted by molar-refractivity contribution is 7.71. The Kier molecular flexibility index (Phi) is 6.11. The summed E-state index contributed by atoms with van der Waals surface area (Å²) in [6, 6.07) is 12.6. The Hall–Kier alpha value is -3.40. The summed E-state index contributed by atoms with van der Waals surface area (Å²) in [6.07, 6.45) is 0. The number of esters is 1. The summed E-state index contributed by atoms with van der Waals surface area (Å²) in [5, 5.41) is 11.3. The number of carbonyl (C=O) groups excluding carboxylic acids is 1. The van der Waals surface area contributed by atoms with Crippen molar-refractivity contribution >= 4 is 52.5 Å². The molecule has 33 heavy (non-hydrogen) atoms. The lowest BCUT2D eigenvalue weighted by Crippen LogP contribution is -2.27. The standard InChI is InChI=1S/C22H14Cl2N2O6S/c1-2-31-20(29)16-17(27)15-18(28)25(13-7-3-11(23)4-8-13)22(33)26(19(15)32-21(16)30)14-9-5-12(24)6-10-14/h3-10,27H,2H2,1H3. The Bertz CT molecular complexity index is 1570. The molecule has 2 aromatic carbocycles. The van der Waals surface area contributed by atoms with Crippen LogP contribution in [0.15, 0.2) is 62.5 Å². The molecule has 0 radical (unpaired) electrons. The average Bonchev–Trinajstić information content (AvgIpc) is 2.76. The molecule has 0 saturated carbocycles. The molecule has 4 rings (SSSR count). The van der Waals surface area contributed by atoms with Crippen molar-refractivity contribution in [3.63, 3.8) is 0 Å². The van der Waals surface area contributed by atoms with Crippen molar-refractivity contribution in [1.29, 1.82) is 0 Å². The van der Waals surface area contributed by atoms with Crippen LogP contribution in [0, 0.1) is 4.77 Å². The van der Waals surface area contributed by atoms with Crippen LogP contribution in [-0.4, -0.2) is 26.8 Å². The molecule has 4 aromatic rings. The second-order valence-electron chi connectivity index (χ2n) is 6.73. The van der Waals surface area contributed by atoms with E-state index in [9.17, 15) is 19.5 Å². The van der Waals surface area contributed by atoms with Crippen LogP contribution in [0.4, 0.5) is 0 Å². The van der Waals surface area contributed by atoms with E-state index >= 15 is 0 Å². The molecule has 0 bridgehead atoms. The van der Waals surface area contributed by atoms with Crippen LogP contribution in [0.25, 0.3) is 22.5 Å². The summed E-state index contributed by atoms with van der Waals surface area (Å²) in [5.41, 5.74) is -2.39. The summed E-state index contributed by atoms with van der Waals surface area (Å²) in [7, 11) is 0. The number of carbonyl (C=O) groups is 1. The molecule has 0 amide bonds. The molecule has 0 unspecified atom stereocenters. The number of hydrogen-bond donors (Lipinski definition) is 1. The molecule has 2 heterocycles. The molecule has 8 nitrogen and oxygen atoms in total. The van der Waals surface area contributed by atoms with Gasteiger partial charge in [0.1, 0.15) is 5.39 Å². The quantitative estimate of drug-likeness (QED) is 0.318. The molecule has 0 aliphatic heterocycles. The lowest BCUT2D eigenvalue weighted by atomic mass is 10.2. The van der Waals surface area contributed by atoms with Gasteiger partial charge in [-0.3, -0.25) is 13.9 Å². The molecular formula is C22H14Cl2N2O6S. The van der Waals surface area contributed by atoms with E-state index in [0.717, 1.165) is 4.57 Å². The topological polar surface area (TPSA) is 104 Å². The largest absolute Gasteiger partial charge is 0.506 e. The van der Waals surface area contributed by atoms with Gasteiger partial charge < -0.3 is 14.3 Å². The van der Waals surface area contributed by atoms with Gasteiger partial charge in [0.05, 0.1) is 18.0 Å². The van der Waals surface area contributed by atoms with Gasteiger partial charge >= 0.3 is 11.6 Å². The van der Waals surface area contributed by atoms with E-state index in [-0.39, 0.29) is 17.1 Å². The molecule has 0 saturated heterocycles. The van der Waals surface area contributed by atoms with E-state index in [4.69, 9.17) is 44.6 Å². The number of benzene rings is 2. The molecule has 168 valence electrons. The van der Waals surface area contributed by atoms with Crippen molar-refractivity contribution in [2.24, 2.45) is 0 Å². The van der Waals surface area contributed by atoms with Crippen molar-refractivity contribution in [3.05, 3.63) is 89.7 Å². The van der Waals surface area contributed by atoms with Crippen LogP contribution >= 0.6 is 35.4 Å². The van der Waals surface area contributed by atoms with Crippen LogP contribution in [0.3, 0.4) is 0 Å². The first-order valence-electron chi connectivity index (χ1n) is 9.51. The van der Waals surface area contributed by atoms with E-state index in [1.165, 1.54) is 11.5 Å². The van der Waals surface area contributed by atoms with E-state index in [1.807, 2.05) is 0 Å². The summed E-state index contributed by atoms with van der Waals surface area (Å²) in [4.78, 5) is 38.4. The second kappa shape index (κ2) is 8.86. The fraction of sp³-hybridized carbons (Fsp3) is 0.0909. The normalized spacial score (nSPS) is 11.0. The summed E-state index contributed by atoms with van der Waals surface area (Å²) >= 11 is 17.5. The summed E-state index contributed by atoms with van der Waals surface area (Å²) in [6.45, 7) is 1.48. The van der Waals surface area contributed by atoms with Gasteiger partial charge in [0.25, 0.3) is 5.56 Å². The molecule has 1 N–H and O–H groups in total. The minimum absolute atomic E-state index is 0.0549. The Labute approximate surface area is 200 Å². The van der Waals surface area contributed by atoms with Gasteiger partial charge in [-0.2, -0.15) is 0 Å². The van der Waals surface area contributed by atoms with Gasteiger partial charge in [-0.15, -0.1) is 0 Å². The zero-order valence-corrected chi connectivity index (χ0v) is 19.2. The van der Waals surface area contributed by atoms with Gasteiger partial charge in [0.15, 0.2) is 16.1 Å². The van der Waals surface area contributed by atoms with Crippen molar-refractivity contribution in [1.82, 2.24) is 9.13 Å². The first-order valence-corrected chi connectivity index (χ1v) is 10.7. The van der Waals surface area contributed by atoms with E-state index in [2.05, 4.69) is 0 Å². The minimum atomic E-state index is -1.18. The fourth-order valence-electron chi connectivity index (χ4n) is 3.27. The third-order valence-electron chi connectivity index (χ3n) is 4.73. The first kappa shape index (κ1) is 22.8. The van der Waals surface area contributed by atoms with Crippen LogP contribution in [-0.2, 0) is 4.74 Å². The highest BCUT2D eigenvalue weighted by atomic mass is 35.5. The molecule has 0 spiro atoms. The zero-order chi connectivity index (χ0) is 23.9. The van der Waals surface area contributed by atoms with Crippen molar-refractivity contribution in [2.45, 2.75) is 6.92 Å². The Morgan fingerprint density at radius 1 is 1.00 bits per heavy atom. The number of aromatic hydroxyl groups is 1. The molecule has 0 fully saturated rings. The fourth-order valence-corrected chi connectivity index (χ4v) is 3.90. The van der Waals surface area contributed by atoms with E-state index < -0.39 is 33.9 Å². The minimum Gasteiger partial charge on any atom is -0.506 e. The monoisotopic (exact) mass is 504 g/mol. The second-order valence-corrected chi connectivity index (χ2v) is 7.96. The molecule has 0 aliphatic carbocycles. The predicted molar refractivity (Wildman–Crippen MR) is 126 cm³/mol. The zero-order valence-electron chi connectivity index (χ0n) is 16.9. The van der Waals surface area contributed by atoms with Gasteiger partial charge in [-0.05, 0) is 67.7 Å². The number of nitrogens with zero attached hydrogens (tertiary/aromatic N) is 2. The SMILES string of the molecule is CCOC(=O)c1c(O)c2c(=O)n(-c3ccc(Cl)cc3)c(=S)n(-c3ccc(Cl)cc3)c2oc1=O. The third kappa shape index (κ3) is 3.95. The van der Waals surface area contributed by atoms with Crippen molar-refractivity contribution < 1.29 is 19.1 Å². The number of aromatic nitrogens is 2. The summed E-state index contributed by atoms with van der Waals surface area (Å²) in [5.74, 6) is -1.99. The van der Waals surface area contributed by atoms with Gasteiger partial charge in [-0.1, -0.05) is 23.2 Å². The number of fused-ring (bicyclic) bond motifs is 1. The maximum Gasteiger partial charge on any atom is 0.356 e. The Morgan fingerprint density at radius 3 is 2.03 bits per heavy atom. The van der Waals surface area contributed by atoms with Gasteiger partial charge in [-0.25, -0.2) is 9.59 Å². The van der Waals surface area contributed by atoms with Crippen molar-refractivity contribution in [2.75, 3.05) is 6.61 Å². The lowest BCUT2D eigenvalue weighted by Gasteiger charge is -2.16. The highest BCUT2D eigenvalue weighted by Crippen LogP contribution is 2.28. The average molecular weight is 505 g/mol. The number of hydrogen-bond acceptors (Lipinski definition) is 7. The maximum atomic E-state index is 13.5. The Morgan fingerprint density at radius 2 is 1.52 bits per heavy atom. The molecular weight excluding hydrogens is 491 g/mol. The smallest absolute Gasteiger partial charge is 0.356 e. The van der Waals surface area contributed by atoms with Gasteiger partial charge in [0, 0.05) is 10.0 Å². The predicted octanol–water partition coefficient (Wildman–Crippen LogP) is 4.65. The molecule has 0 aliphatic rings. The molecule has 2 aromatic heterocycles. The maximum absolute atomic E-state index is 13.5. The number of ether oxygens (including phenoxy) is 1. The number of rotatable bonds is 4. The van der Waals surface area contributed by atoms with Crippen molar-refractivity contribution in [3.8, 4) is 17.1 Å². The Balaban J connectivity index is 2.22. The number of halogens is 2. The highest BCUT2D eigenvalue weighted by Gasteiger charge is 2.27. The van der Waals surface area contributed by atoms with E-state index in [1.54, 1.807) is 48.5 Å². The van der Waals surface area contributed by atoms with Crippen LogP contribution < -0.4 is 11.2 Å². The van der Waals surface area contributed by atoms with Gasteiger partial charge in [0.2, 0.25) is 5.71 Å². The lowest BCUT2D eigenvalue weighted by molar-refractivity contribution is 0.0518.